The Morgan fingerprint density at radius 3 is 2.14 bits per heavy atom. The van der Waals surface area contributed by atoms with Gasteiger partial charge < -0.3 is 19.4 Å². The van der Waals surface area contributed by atoms with Crippen LogP contribution in [-0.2, 0) is 13.1 Å². The number of carboxylic acid groups (broad SMARTS) is 1. The molecule has 1 N–H and O–H groups in total. The molecule has 0 radical (unpaired) electrons. The van der Waals surface area contributed by atoms with E-state index in [0.29, 0.717) is 37.6 Å². The standard InChI is InChI=1S/C28H28N4O3/c33-28(34)31-16-14-23(15-17-31)27-29-26(30-35-27)24-12-7-13-25(18-24)32(19-21-8-3-1-4-9-21)20-22-10-5-2-6-11-22/h1-13,18,23H,14-17,19-20H2,(H,33,34). The third-order valence-electron chi connectivity index (χ3n) is 6.46. The van der Waals surface area contributed by atoms with Gasteiger partial charge in [-0.2, -0.15) is 4.98 Å². The minimum atomic E-state index is -0.873. The first kappa shape index (κ1) is 22.7. The van der Waals surface area contributed by atoms with E-state index in [1.165, 1.54) is 16.0 Å². The molecule has 1 aliphatic heterocycles. The van der Waals surface area contributed by atoms with E-state index in [-0.39, 0.29) is 5.92 Å². The molecule has 0 bridgehead atoms. The molecule has 2 heterocycles. The Hall–Kier alpha value is -4.13. The van der Waals surface area contributed by atoms with Gasteiger partial charge in [-0.3, -0.25) is 0 Å². The van der Waals surface area contributed by atoms with E-state index in [0.717, 1.165) is 24.3 Å². The molecule has 7 nitrogen and oxygen atoms in total. The third kappa shape index (κ3) is 5.51. The summed E-state index contributed by atoms with van der Waals surface area (Å²) in [5.74, 6) is 1.23. The Kier molecular flexibility index (Phi) is 6.75. The van der Waals surface area contributed by atoms with Crippen LogP contribution in [0.1, 0.15) is 35.8 Å². The number of aromatic nitrogens is 2. The molecule has 1 saturated heterocycles. The van der Waals surface area contributed by atoms with Crippen molar-refractivity contribution in [3.05, 3.63) is 102 Å². The van der Waals surface area contributed by atoms with Gasteiger partial charge in [-0.25, -0.2) is 4.79 Å². The van der Waals surface area contributed by atoms with E-state index >= 15 is 0 Å². The minimum Gasteiger partial charge on any atom is -0.465 e. The SMILES string of the molecule is O=C(O)N1CCC(c2nc(-c3cccc(N(Cc4ccccc4)Cc4ccccc4)c3)no2)CC1. The number of rotatable bonds is 7. The molecule has 1 aliphatic rings. The second kappa shape index (κ2) is 10.4. The summed E-state index contributed by atoms with van der Waals surface area (Å²) >= 11 is 0. The van der Waals surface area contributed by atoms with Crippen molar-refractivity contribution in [2.24, 2.45) is 0 Å². The van der Waals surface area contributed by atoms with Crippen LogP contribution >= 0.6 is 0 Å². The van der Waals surface area contributed by atoms with Crippen LogP contribution in [0.25, 0.3) is 11.4 Å². The van der Waals surface area contributed by atoms with Crippen molar-refractivity contribution in [2.45, 2.75) is 31.8 Å². The van der Waals surface area contributed by atoms with Gasteiger partial charge in [0.25, 0.3) is 0 Å². The van der Waals surface area contributed by atoms with Gasteiger partial charge in [-0.15, -0.1) is 0 Å². The maximum absolute atomic E-state index is 11.2. The van der Waals surface area contributed by atoms with Crippen LogP contribution in [0.2, 0.25) is 0 Å². The first-order valence-corrected chi connectivity index (χ1v) is 11.9. The van der Waals surface area contributed by atoms with Gasteiger partial charge in [0.15, 0.2) is 0 Å². The maximum Gasteiger partial charge on any atom is 0.407 e. The highest BCUT2D eigenvalue weighted by atomic mass is 16.5. The van der Waals surface area contributed by atoms with Crippen LogP contribution in [0.3, 0.4) is 0 Å². The molecule has 35 heavy (non-hydrogen) atoms. The number of hydrogen-bond acceptors (Lipinski definition) is 5. The molecule has 1 fully saturated rings. The number of anilines is 1. The maximum atomic E-state index is 11.2. The first-order valence-electron chi connectivity index (χ1n) is 11.9. The Balaban J connectivity index is 1.37. The molecule has 0 saturated carbocycles. The van der Waals surface area contributed by atoms with Gasteiger partial charge >= 0.3 is 6.09 Å². The lowest BCUT2D eigenvalue weighted by Gasteiger charge is -2.27. The summed E-state index contributed by atoms with van der Waals surface area (Å²) in [6, 6.07) is 29.1. The number of likely N-dealkylation sites (tertiary alicyclic amines) is 1. The summed E-state index contributed by atoms with van der Waals surface area (Å²) in [5, 5.41) is 13.4. The summed E-state index contributed by atoms with van der Waals surface area (Å²) < 4.78 is 5.61. The summed E-state index contributed by atoms with van der Waals surface area (Å²) in [5.41, 5.74) is 4.45. The molecular weight excluding hydrogens is 440 g/mol. The first-order chi connectivity index (χ1) is 17.2. The lowest BCUT2D eigenvalue weighted by Crippen LogP contribution is -2.36. The van der Waals surface area contributed by atoms with Crippen molar-refractivity contribution in [1.82, 2.24) is 15.0 Å². The molecule has 1 amide bonds. The number of benzene rings is 3. The highest BCUT2D eigenvalue weighted by Crippen LogP contribution is 2.30. The van der Waals surface area contributed by atoms with Gasteiger partial charge in [0.2, 0.25) is 11.7 Å². The lowest BCUT2D eigenvalue weighted by molar-refractivity contribution is 0.128. The highest BCUT2D eigenvalue weighted by Gasteiger charge is 2.27. The molecule has 1 aromatic heterocycles. The van der Waals surface area contributed by atoms with E-state index in [9.17, 15) is 9.90 Å². The van der Waals surface area contributed by atoms with Crippen molar-refractivity contribution < 1.29 is 14.4 Å². The fourth-order valence-corrected chi connectivity index (χ4v) is 4.52. The summed E-state index contributed by atoms with van der Waals surface area (Å²) in [6.07, 6.45) is 0.508. The predicted molar refractivity (Wildman–Crippen MR) is 134 cm³/mol. The molecule has 178 valence electrons. The zero-order chi connectivity index (χ0) is 24.0. The van der Waals surface area contributed by atoms with E-state index < -0.39 is 6.09 Å². The Morgan fingerprint density at radius 2 is 1.54 bits per heavy atom. The van der Waals surface area contributed by atoms with Gasteiger partial charge in [0.1, 0.15) is 0 Å². The normalized spacial score (nSPS) is 14.1. The molecule has 3 aromatic carbocycles. The van der Waals surface area contributed by atoms with Crippen molar-refractivity contribution >= 4 is 11.8 Å². The Bertz CT molecular complexity index is 1210. The largest absolute Gasteiger partial charge is 0.465 e. The molecule has 0 aliphatic carbocycles. The number of hydrogen-bond donors (Lipinski definition) is 1. The number of nitrogens with zero attached hydrogens (tertiary/aromatic N) is 4. The zero-order valence-corrected chi connectivity index (χ0v) is 19.5. The summed E-state index contributed by atoms with van der Waals surface area (Å²) in [7, 11) is 0. The molecule has 7 heteroatoms. The van der Waals surface area contributed by atoms with E-state index in [2.05, 4.69) is 75.7 Å². The van der Waals surface area contributed by atoms with Crippen LogP contribution in [0.15, 0.2) is 89.5 Å². The monoisotopic (exact) mass is 468 g/mol. The fraction of sp³-hybridized carbons (Fsp3) is 0.250. The minimum absolute atomic E-state index is 0.0858. The van der Waals surface area contributed by atoms with E-state index in [1.807, 2.05) is 24.3 Å². The lowest BCUT2D eigenvalue weighted by atomic mass is 9.97. The number of carbonyl (C=O) groups is 1. The number of piperidine rings is 1. The fourth-order valence-electron chi connectivity index (χ4n) is 4.52. The summed E-state index contributed by atoms with van der Waals surface area (Å²) in [6.45, 7) is 2.53. The smallest absolute Gasteiger partial charge is 0.407 e. The average Bonchev–Trinajstić information content (AvgIpc) is 3.40. The van der Waals surface area contributed by atoms with Gasteiger partial charge in [0, 0.05) is 43.3 Å². The second-order valence-electron chi connectivity index (χ2n) is 8.88. The van der Waals surface area contributed by atoms with Crippen molar-refractivity contribution in [3.63, 3.8) is 0 Å². The molecule has 0 atom stereocenters. The Morgan fingerprint density at radius 1 is 0.914 bits per heavy atom. The molecular formula is C28H28N4O3. The van der Waals surface area contributed by atoms with E-state index in [1.54, 1.807) is 0 Å². The van der Waals surface area contributed by atoms with Gasteiger partial charge in [-0.05, 0) is 36.1 Å². The average molecular weight is 469 g/mol. The third-order valence-corrected chi connectivity index (χ3v) is 6.46. The summed E-state index contributed by atoms with van der Waals surface area (Å²) in [4.78, 5) is 19.6. The van der Waals surface area contributed by atoms with Crippen LogP contribution in [0.5, 0.6) is 0 Å². The van der Waals surface area contributed by atoms with Crippen LogP contribution in [-0.4, -0.2) is 39.3 Å². The zero-order valence-electron chi connectivity index (χ0n) is 19.5. The molecule has 0 spiro atoms. The Labute approximate surface area is 204 Å². The highest BCUT2D eigenvalue weighted by molar-refractivity contribution is 5.65. The van der Waals surface area contributed by atoms with Gasteiger partial charge in [0.05, 0.1) is 0 Å². The number of amides is 1. The molecule has 5 rings (SSSR count). The van der Waals surface area contributed by atoms with Crippen molar-refractivity contribution in [2.75, 3.05) is 18.0 Å². The van der Waals surface area contributed by atoms with E-state index in [4.69, 9.17) is 4.52 Å². The van der Waals surface area contributed by atoms with Crippen LogP contribution in [0, 0.1) is 0 Å². The second-order valence-corrected chi connectivity index (χ2v) is 8.88. The molecule has 4 aromatic rings. The quantitative estimate of drug-likeness (QED) is 0.369. The van der Waals surface area contributed by atoms with Crippen LogP contribution in [0.4, 0.5) is 10.5 Å². The van der Waals surface area contributed by atoms with Gasteiger partial charge in [-0.1, -0.05) is 78.0 Å². The predicted octanol–water partition coefficient (Wildman–Crippen LogP) is 5.80. The van der Waals surface area contributed by atoms with Crippen molar-refractivity contribution in [1.29, 1.82) is 0 Å². The van der Waals surface area contributed by atoms with Crippen LogP contribution < -0.4 is 4.90 Å². The molecule has 0 unspecified atom stereocenters. The topological polar surface area (TPSA) is 82.7 Å². The van der Waals surface area contributed by atoms with Crippen molar-refractivity contribution in [3.8, 4) is 11.4 Å².